The van der Waals surface area contributed by atoms with Gasteiger partial charge in [0, 0.05) is 12.1 Å². The van der Waals surface area contributed by atoms with Crippen LogP contribution < -0.4 is 10.6 Å². The van der Waals surface area contributed by atoms with Crippen molar-refractivity contribution in [3.05, 3.63) is 29.3 Å². The molecule has 3 rings (SSSR count). The molecule has 0 radical (unpaired) electrons. The number of carbonyl (C=O) groups excluding carboxylic acids is 1. The molecule has 1 heterocycles. The van der Waals surface area contributed by atoms with Gasteiger partial charge < -0.3 is 10.5 Å². The van der Waals surface area contributed by atoms with Crippen molar-refractivity contribution in [3.63, 3.8) is 0 Å². The number of nitrogens with zero attached hydrogens (tertiary/aromatic N) is 1. The lowest BCUT2D eigenvalue weighted by molar-refractivity contribution is 0.0584. The van der Waals surface area contributed by atoms with Crippen molar-refractivity contribution in [2.45, 2.75) is 57.6 Å². The van der Waals surface area contributed by atoms with Gasteiger partial charge >= 0.3 is 6.09 Å². The van der Waals surface area contributed by atoms with E-state index in [0.717, 1.165) is 24.9 Å². The lowest BCUT2D eigenvalue weighted by Gasteiger charge is -2.40. The van der Waals surface area contributed by atoms with Crippen LogP contribution in [0, 0.1) is 0 Å². The van der Waals surface area contributed by atoms with E-state index in [1.54, 1.807) is 4.90 Å². The van der Waals surface area contributed by atoms with Gasteiger partial charge in [-0.15, -0.1) is 0 Å². The summed E-state index contributed by atoms with van der Waals surface area (Å²) in [5.41, 5.74) is 9.25. The number of fused-ring (bicyclic) bond motifs is 1. The fraction of sp³-hybridized carbons (Fsp3) is 0.588. The first kappa shape index (κ1) is 14.4. The van der Waals surface area contributed by atoms with Crippen molar-refractivity contribution in [1.29, 1.82) is 0 Å². The molecule has 4 nitrogen and oxygen atoms in total. The fourth-order valence-electron chi connectivity index (χ4n) is 3.23. The number of ether oxygens (including phenoxy) is 1. The topological polar surface area (TPSA) is 55.6 Å². The molecule has 1 aliphatic heterocycles. The average Bonchev–Trinajstić information content (AvgIpc) is 2.77. The number of carbonyl (C=O) groups is 1. The zero-order chi connectivity index (χ0) is 15.3. The van der Waals surface area contributed by atoms with E-state index < -0.39 is 5.60 Å². The number of nitrogens with two attached hydrogens (primary N) is 1. The fourth-order valence-corrected chi connectivity index (χ4v) is 3.23. The number of amides is 1. The molecule has 0 aromatic heterocycles. The Morgan fingerprint density at radius 2 is 2.05 bits per heavy atom. The normalized spacial score (nSPS) is 19.9. The Hall–Kier alpha value is -1.55. The van der Waals surface area contributed by atoms with Crippen molar-refractivity contribution in [3.8, 4) is 0 Å². The molecule has 1 saturated carbocycles. The summed E-state index contributed by atoms with van der Waals surface area (Å²) in [6.45, 7) is 6.35. The quantitative estimate of drug-likeness (QED) is 0.862. The molecule has 4 heteroatoms. The van der Waals surface area contributed by atoms with Crippen molar-refractivity contribution < 1.29 is 9.53 Å². The third-order valence-electron chi connectivity index (χ3n) is 4.42. The summed E-state index contributed by atoms with van der Waals surface area (Å²) < 4.78 is 5.50. The molecule has 1 fully saturated rings. The maximum absolute atomic E-state index is 12.3. The summed E-state index contributed by atoms with van der Waals surface area (Å²) in [7, 11) is 0. The minimum Gasteiger partial charge on any atom is -0.443 e. The number of rotatable bonds is 1. The molecule has 2 aliphatic rings. The smallest absolute Gasteiger partial charge is 0.414 e. The summed E-state index contributed by atoms with van der Waals surface area (Å²) in [6, 6.07) is 6.12. The summed E-state index contributed by atoms with van der Waals surface area (Å²) in [5, 5.41) is 0. The Kier molecular flexibility index (Phi) is 3.24. The van der Waals surface area contributed by atoms with Gasteiger partial charge in [0.25, 0.3) is 0 Å². The van der Waals surface area contributed by atoms with Gasteiger partial charge in [-0.3, -0.25) is 4.90 Å². The van der Waals surface area contributed by atoms with Gasteiger partial charge in [0.2, 0.25) is 0 Å². The van der Waals surface area contributed by atoms with E-state index in [4.69, 9.17) is 10.5 Å². The minimum atomic E-state index is -0.472. The van der Waals surface area contributed by atoms with Crippen LogP contribution in [0.25, 0.3) is 0 Å². The zero-order valence-corrected chi connectivity index (χ0v) is 13.1. The highest BCUT2D eigenvalue weighted by Crippen LogP contribution is 2.44. The summed E-state index contributed by atoms with van der Waals surface area (Å²) in [5.74, 6) is 0. The highest BCUT2D eigenvalue weighted by Gasteiger charge is 2.39. The van der Waals surface area contributed by atoms with Crippen LogP contribution in [0.2, 0.25) is 0 Å². The largest absolute Gasteiger partial charge is 0.443 e. The van der Waals surface area contributed by atoms with Crippen LogP contribution >= 0.6 is 0 Å². The molecular weight excluding hydrogens is 264 g/mol. The van der Waals surface area contributed by atoms with Gasteiger partial charge in [-0.05, 0) is 63.6 Å². The second kappa shape index (κ2) is 4.73. The molecule has 2 N–H and O–H groups in total. The average molecular weight is 288 g/mol. The maximum Gasteiger partial charge on any atom is 0.414 e. The van der Waals surface area contributed by atoms with Gasteiger partial charge in [-0.25, -0.2) is 4.79 Å². The zero-order valence-electron chi connectivity index (χ0n) is 13.1. The predicted molar refractivity (Wildman–Crippen MR) is 83.4 cm³/mol. The van der Waals surface area contributed by atoms with E-state index in [0.29, 0.717) is 6.54 Å². The molecular formula is C17H24N2O2. The monoisotopic (exact) mass is 288 g/mol. The molecule has 21 heavy (non-hydrogen) atoms. The Balaban J connectivity index is 1.90. The van der Waals surface area contributed by atoms with Gasteiger partial charge in [-0.1, -0.05) is 12.1 Å². The number of hydrogen-bond acceptors (Lipinski definition) is 3. The van der Waals surface area contributed by atoms with E-state index in [1.807, 2.05) is 32.9 Å². The first-order valence-corrected chi connectivity index (χ1v) is 7.72. The molecule has 0 spiro atoms. The van der Waals surface area contributed by atoms with E-state index in [-0.39, 0.29) is 11.6 Å². The van der Waals surface area contributed by atoms with E-state index >= 15 is 0 Å². The first-order valence-electron chi connectivity index (χ1n) is 7.72. The van der Waals surface area contributed by atoms with Crippen LogP contribution in [-0.4, -0.2) is 18.2 Å². The Labute approximate surface area is 126 Å². The second-order valence-electron chi connectivity index (χ2n) is 7.19. The Morgan fingerprint density at radius 3 is 2.62 bits per heavy atom. The SMILES string of the molecule is CC(C)(C)OC(=O)N1CCc2c1cccc2C1(N)CCC1. The van der Waals surface area contributed by atoms with Gasteiger partial charge in [0.1, 0.15) is 5.60 Å². The molecule has 1 aromatic carbocycles. The first-order chi connectivity index (χ1) is 9.80. The summed E-state index contributed by atoms with van der Waals surface area (Å²) in [4.78, 5) is 14.1. The lowest BCUT2D eigenvalue weighted by Crippen LogP contribution is -2.44. The minimum absolute atomic E-state index is 0.185. The van der Waals surface area contributed by atoms with Crippen LogP contribution in [0.1, 0.15) is 51.2 Å². The van der Waals surface area contributed by atoms with Crippen molar-refractivity contribution >= 4 is 11.8 Å². The van der Waals surface area contributed by atoms with E-state index in [2.05, 4.69) is 6.07 Å². The predicted octanol–water partition coefficient (Wildman–Crippen LogP) is 3.32. The highest BCUT2D eigenvalue weighted by molar-refractivity contribution is 5.91. The lowest BCUT2D eigenvalue weighted by atomic mass is 9.71. The van der Waals surface area contributed by atoms with Gasteiger partial charge in [0.15, 0.2) is 0 Å². The number of anilines is 1. The van der Waals surface area contributed by atoms with E-state index in [1.165, 1.54) is 17.5 Å². The Morgan fingerprint density at radius 1 is 1.33 bits per heavy atom. The van der Waals surface area contributed by atoms with Crippen molar-refractivity contribution in [2.75, 3.05) is 11.4 Å². The van der Waals surface area contributed by atoms with Crippen LogP contribution in [0.15, 0.2) is 18.2 Å². The van der Waals surface area contributed by atoms with Crippen LogP contribution in [-0.2, 0) is 16.7 Å². The summed E-state index contributed by atoms with van der Waals surface area (Å²) >= 11 is 0. The third kappa shape index (κ3) is 2.53. The van der Waals surface area contributed by atoms with Gasteiger partial charge in [0.05, 0.1) is 5.69 Å². The molecule has 1 amide bonds. The summed E-state index contributed by atoms with van der Waals surface area (Å²) in [6.07, 6.45) is 3.86. The number of hydrogen-bond donors (Lipinski definition) is 1. The van der Waals surface area contributed by atoms with Gasteiger partial charge in [-0.2, -0.15) is 0 Å². The standard InChI is InChI=1S/C17H24N2O2/c1-16(2,3)21-15(20)19-11-8-12-13(6-4-7-14(12)19)17(18)9-5-10-17/h4,6-7H,5,8-11,18H2,1-3H3. The van der Waals surface area contributed by atoms with Crippen molar-refractivity contribution in [1.82, 2.24) is 0 Å². The number of benzene rings is 1. The van der Waals surface area contributed by atoms with Crippen LogP contribution in [0.5, 0.6) is 0 Å². The molecule has 0 atom stereocenters. The molecule has 114 valence electrons. The molecule has 1 aromatic rings. The third-order valence-corrected chi connectivity index (χ3v) is 4.42. The second-order valence-corrected chi connectivity index (χ2v) is 7.19. The molecule has 0 unspecified atom stereocenters. The van der Waals surface area contributed by atoms with E-state index in [9.17, 15) is 4.79 Å². The van der Waals surface area contributed by atoms with Crippen molar-refractivity contribution in [2.24, 2.45) is 5.73 Å². The highest BCUT2D eigenvalue weighted by atomic mass is 16.6. The molecule has 0 bridgehead atoms. The molecule has 0 saturated heterocycles. The maximum atomic E-state index is 12.3. The molecule has 1 aliphatic carbocycles. The van der Waals surface area contributed by atoms with Crippen LogP contribution in [0.3, 0.4) is 0 Å². The Bertz CT molecular complexity index is 571. The van der Waals surface area contributed by atoms with Crippen LogP contribution in [0.4, 0.5) is 10.5 Å².